The molecule has 3 rings (SSSR count). The third kappa shape index (κ3) is 2.63. The molecule has 6 nitrogen and oxygen atoms in total. The first-order chi connectivity index (χ1) is 10.1. The molecule has 0 bridgehead atoms. The summed E-state index contributed by atoms with van der Waals surface area (Å²) in [6, 6.07) is 1.85. The predicted octanol–water partition coefficient (Wildman–Crippen LogP) is 1.57. The Morgan fingerprint density at radius 2 is 2.38 bits per heavy atom. The van der Waals surface area contributed by atoms with Crippen molar-refractivity contribution in [3.8, 4) is 0 Å². The second kappa shape index (κ2) is 5.44. The zero-order chi connectivity index (χ0) is 15.0. The molecule has 2 atom stereocenters. The van der Waals surface area contributed by atoms with Crippen LogP contribution in [-0.4, -0.2) is 39.4 Å². The lowest BCUT2D eigenvalue weighted by Gasteiger charge is -2.19. The number of rotatable bonds is 3. The number of amides is 1. The average molecular weight is 288 g/mol. The summed E-state index contributed by atoms with van der Waals surface area (Å²) >= 11 is 0. The monoisotopic (exact) mass is 288 g/mol. The first kappa shape index (κ1) is 14.0. The SMILES string of the molecule is Cc1nn(C)c2ncc(C(=O)N[C@@H](C)[C@@H]3CCCO3)cc12. The second-order valence-electron chi connectivity index (χ2n) is 5.62. The Hall–Kier alpha value is -1.95. The Morgan fingerprint density at radius 1 is 1.57 bits per heavy atom. The minimum Gasteiger partial charge on any atom is -0.376 e. The van der Waals surface area contributed by atoms with Gasteiger partial charge in [0, 0.05) is 25.2 Å². The second-order valence-corrected chi connectivity index (χ2v) is 5.62. The Morgan fingerprint density at radius 3 is 3.10 bits per heavy atom. The molecule has 1 fully saturated rings. The van der Waals surface area contributed by atoms with Crippen LogP contribution in [0.25, 0.3) is 11.0 Å². The van der Waals surface area contributed by atoms with Crippen LogP contribution in [-0.2, 0) is 11.8 Å². The zero-order valence-electron chi connectivity index (χ0n) is 12.6. The molecule has 0 unspecified atom stereocenters. The third-order valence-electron chi connectivity index (χ3n) is 4.01. The van der Waals surface area contributed by atoms with Gasteiger partial charge < -0.3 is 10.1 Å². The molecule has 0 saturated carbocycles. The molecular formula is C15H20N4O2. The van der Waals surface area contributed by atoms with E-state index in [1.165, 1.54) is 0 Å². The largest absolute Gasteiger partial charge is 0.376 e. The van der Waals surface area contributed by atoms with Gasteiger partial charge in [-0.05, 0) is 32.8 Å². The maximum atomic E-state index is 12.3. The fourth-order valence-corrected chi connectivity index (χ4v) is 2.81. The van der Waals surface area contributed by atoms with E-state index in [-0.39, 0.29) is 18.1 Å². The molecule has 1 N–H and O–H groups in total. The van der Waals surface area contributed by atoms with Crippen molar-refractivity contribution in [1.82, 2.24) is 20.1 Å². The van der Waals surface area contributed by atoms with E-state index in [4.69, 9.17) is 4.74 Å². The number of carbonyl (C=O) groups excluding carboxylic acids is 1. The third-order valence-corrected chi connectivity index (χ3v) is 4.01. The van der Waals surface area contributed by atoms with E-state index in [2.05, 4.69) is 15.4 Å². The minimum absolute atomic E-state index is 0.00527. The smallest absolute Gasteiger partial charge is 0.253 e. The molecular weight excluding hydrogens is 268 g/mol. The van der Waals surface area contributed by atoms with Crippen molar-refractivity contribution in [3.05, 3.63) is 23.5 Å². The van der Waals surface area contributed by atoms with Crippen LogP contribution in [0.5, 0.6) is 0 Å². The first-order valence-corrected chi connectivity index (χ1v) is 7.28. The van der Waals surface area contributed by atoms with E-state index >= 15 is 0 Å². The number of hydrogen-bond donors (Lipinski definition) is 1. The number of hydrogen-bond acceptors (Lipinski definition) is 4. The van der Waals surface area contributed by atoms with Crippen molar-refractivity contribution < 1.29 is 9.53 Å². The van der Waals surface area contributed by atoms with Crippen molar-refractivity contribution in [2.75, 3.05) is 6.61 Å². The molecule has 2 aromatic heterocycles. The number of nitrogens with one attached hydrogen (secondary N) is 1. The van der Waals surface area contributed by atoms with E-state index in [9.17, 15) is 4.79 Å². The molecule has 1 aliphatic rings. The highest BCUT2D eigenvalue weighted by Crippen LogP contribution is 2.18. The van der Waals surface area contributed by atoms with Gasteiger partial charge in [0.25, 0.3) is 5.91 Å². The summed E-state index contributed by atoms with van der Waals surface area (Å²) in [5.74, 6) is -0.115. The number of aromatic nitrogens is 3. The highest BCUT2D eigenvalue weighted by atomic mass is 16.5. The molecule has 0 aliphatic carbocycles. The Balaban J connectivity index is 1.79. The van der Waals surface area contributed by atoms with Crippen molar-refractivity contribution in [2.45, 2.75) is 38.8 Å². The molecule has 0 aromatic carbocycles. The Kier molecular flexibility index (Phi) is 3.63. The first-order valence-electron chi connectivity index (χ1n) is 7.28. The van der Waals surface area contributed by atoms with Gasteiger partial charge >= 0.3 is 0 Å². The van der Waals surface area contributed by atoms with E-state index in [0.29, 0.717) is 5.56 Å². The topological polar surface area (TPSA) is 69.0 Å². The predicted molar refractivity (Wildman–Crippen MR) is 79.1 cm³/mol. The summed E-state index contributed by atoms with van der Waals surface area (Å²) in [7, 11) is 1.85. The summed E-state index contributed by atoms with van der Waals surface area (Å²) in [6.45, 7) is 4.68. The summed E-state index contributed by atoms with van der Waals surface area (Å²) in [6.07, 6.45) is 3.78. The highest BCUT2D eigenvalue weighted by Gasteiger charge is 2.24. The molecule has 1 amide bonds. The number of fused-ring (bicyclic) bond motifs is 1. The van der Waals surface area contributed by atoms with Gasteiger partial charge in [-0.15, -0.1) is 0 Å². The lowest BCUT2D eigenvalue weighted by Crippen LogP contribution is -2.40. The van der Waals surface area contributed by atoms with Crippen LogP contribution in [0.4, 0.5) is 0 Å². The number of ether oxygens (including phenoxy) is 1. The van der Waals surface area contributed by atoms with E-state index in [0.717, 1.165) is 36.2 Å². The lowest BCUT2D eigenvalue weighted by molar-refractivity contribution is 0.0712. The van der Waals surface area contributed by atoms with Gasteiger partial charge in [0.2, 0.25) is 0 Å². The summed E-state index contributed by atoms with van der Waals surface area (Å²) in [5, 5.41) is 8.23. The number of carbonyl (C=O) groups is 1. The summed E-state index contributed by atoms with van der Waals surface area (Å²) in [5.41, 5.74) is 2.22. The molecule has 6 heteroatoms. The Bertz CT molecular complexity index is 674. The normalized spacial score (nSPS) is 19.9. The van der Waals surface area contributed by atoms with Crippen molar-refractivity contribution in [3.63, 3.8) is 0 Å². The highest BCUT2D eigenvalue weighted by molar-refractivity contribution is 5.97. The summed E-state index contributed by atoms with van der Waals surface area (Å²) < 4.78 is 7.32. The van der Waals surface area contributed by atoms with Crippen LogP contribution >= 0.6 is 0 Å². The van der Waals surface area contributed by atoms with Crippen molar-refractivity contribution >= 4 is 16.9 Å². The van der Waals surface area contributed by atoms with Gasteiger partial charge in [0.05, 0.1) is 23.4 Å². The molecule has 112 valence electrons. The van der Waals surface area contributed by atoms with E-state index < -0.39 is 0 Å². The van der Waals surface area contributed by atoms with Gasteiger partial charge in [0.15, 0.2) is 5.65 Å². The molecule has 2 aromatic rings. The van der Waals surface area contributed by atoms with Crippen molar-refractivity contribution in [1.29, 1.82) is 0 Å². The molecule has 1 saturated heterocycles. The van der Waals surface area contributed by atoms with Gasteiger partial charge in [-0.3, -0.25) is 9.48 Å². The average Bonchev–Trinajstić information content (AvgIpc) is 3.08. The van der Waals surface area contributed by atoms with Crippen LogP contribution in [0.15, 0.2) is 12.3 Å². The van der Waals surface area contributed by atoms with E-state index in [1.807, 2.05) is 27.0 Å². The zero-order valence-corrected chi connectivity index (χ0v) is 12.6. The van der Waals surface area contributed by atoms with Gasteiger partial charge in [-0.25, -0.2) is 4.98 Å². The van der Waals surface area contributed by atoms with Crippen LogP contribution in [0.2, 0.25) is 0 Å². The van der Waals surface area contributed by atoms with Crippen LogP contribution in [0, 0.1) is 6.92 Å². The number of nitrogens with zero attached hydrogens (tertiary/aromatic N) is 3. The Labute approximate surface area is 123 Å². The quantitative estimate of drug-likeness (QED) is 0.931. The van der Waals surface area contributed by atoms with Crippen molar-refractivity contribution in [2.24, 2.45) is 7.05 Å². The minimum atomic E-state index is -0.115. The fourth-order valence-electron chi connectivity index (χ4n) is 2.81. The number of pyridine rings is 1. The van der Waals surface area contributed by atoms with Crippen LogP contribution in [0.3, 0.4) is 0 Å². The molecule has 3 heterocycles. The molecule has 1 aliphatic heterocycles. The van der Waals surface area contributed by atoms with E-state index in [1.54, 1.807) is 10.9 Å². The molecule has 21 heavy (non-hydrogen) atoms. The maximum absolute atomic E-state index is 12.3. The number of aryl methyl sites for hydroxylation is 2. The summed E-state index contributed by atoms with van der Waals surface area (Å²) in [4.78, 5) is 16.7. The van der Waals surface area contributed by atoms with Gasteiger partial charge in [-0.2, -0.15) is 5.10 Å². The lowest BCUT2D eigenvalue weighted by atomic mass is 10.1. The maximum Gasteiger partial charge on any atom is 0.253 e. The molecule has 0 spiro atoms. The van der Waals surface area contributed by atoms with Crippen LogP contribution < -0.4 is 5.32 Å². The molecule has 0 radical (unpaired) electrons. The standard InChI is InChI=1S/C15H20N4O2/c1-9-12-7-11(8-16-14(12)19(3)18-9)15(20)17-10(2)13-5-4-6-21-13/h7-8,10,13H,4-6H2,1-3H3,(H,17,20)/t10-,13-/m0/s1. The van der Waals surface area contributed by atoms with Crippen LogP contribution in [0.1, 0.15) is 35.8 Å². The van der Waals surface area contributed by atoms with Gasteiger partial charge in [-0.1, -0.05) is 0 Å². The van der Waals surface area contributed by atoms with Gasteiger partial charge in [0.1, 0.15) is 0 Å². The fraction of sp³-hybridized carbons (Fsp3) is 0.533.